The number of benzene rings is 7. The molecule has 80 heavy (non-hydrogen) atoms. The molecule has 0 amide bonds. The maximum absolute atomic E-state index is 9.56. The van der Waals surface area contributed by atoms with E-state index < -0.39 is 17.5 Å². The van der Waals surface area contributed by atoms with Crippen molar-refractivity contribution >= 4 is 70.1 Å². The van der Waals surface area contributed by atoms with Crippen LogP contribution in [0.3, 0.4) is 0 Å². The Kier molecular flexibility index (Phi) is 13.1. The van der Waals surface area contributed by atoms with Gasteiger partial charge in [-0.3, -0.25) is 0 Å². The molecule has 10 heteroatoms. The molecular weight excluding hydrogens is 1160 g/mol. The fourth-order valence-electron chi connectivity index (χ4n) is 10.3. The largest absolute Gasteiger partial charge is 0.509 e. The first-order valence-corrected chi connectivity index (χ1v) is 26.2. The number of allylic oxidation sites excluding steroid dienone is 8. The molecule has 7 aromatic carbocycles. The standard InChI is InChI=1S/C70H57B2N6O.Pt/c1-69(2,3)53-44-59(61-29-20-41-73-39-17-15-37-71-61)68(60(45-53)62-30-21-42-74-40-18-16-38-72-62)77-49-76(64-32-13-14-33-65(64)77)54-26-19-27-55(47-54)79-56-34-35-58-57-28-11-12-31-63(57)78(66(58)48-56)67-46-52(36-43-75-67)70(4,50-22-7-5-8-23-50)51-24-9-6-10-25-51;/h5-46,49,73-74H,1-4H3;/q-3;/b37-15-,38-16-,39-17-,40-18-,41-20-,42-21-,61-29-,62-30-;/i11D,12D,19D,26D,27D,28D,31D;. The number of ether oxygens (including phenoxy) is 1. The molecule has 0 bridgehead atoms. The number of rotatable bonds is 10. The minimum Gasteiger partial charge on any atom is -0.509 e. The average Bonchev–Trinajstić information content (AvgIpc) is 1.68. The first-order valence-electron chi connectivity index (χ1n) is 29.7. The van der Waals surface area contributed by atoms with Gasteiger partial charge in [0.15, 0.2) is 14.6 Å². The molecule has 0 unspecified atom stereocenters. The quantitative estimate of drug-likeness (QED) is 0.105. The van der Waals surface area contributed by atoms with Gasteiger partial charge in [0.05, 0.1) is 5.48 Å². The van der Waals surface area contributed by atoms with E-state index in [2.05, 4.69) is 118 Å². The molecular formula is C70H57B2N6OPt-3. The Bertz CT molecular complexity index is 4310. The molecule has 0 saturated carbocycles. The molecule has 0 aliphatic carbocycles. The summed E-state index contributed by atoms with van der Waals surface area (Å²) < 4.78 is 72.8. The van der Waals surface area contributed by atoms with Gasteiger partial charge in [0, 0.05) is 92.9 Å². The van der Waals surface area contributed by atoms with E-state index in [1.165, 1.54) is 0 Å². The number of anilines is 4. The number of pyridine rings is 1. The van der Waals surface area contributed by atoms with Gasteiger partial charge >= 0.3 is 0 Å². The molecule has 3 aliphatic heterocycles. The van der Waals surface area contributed by atoms with Crippen LogP contribution in [-0.2, 0) is 31.9 Å². The van der Waals surface area contributed by atoms with Crippen molar-refractivity contribution < 1.29 is 35.4 Å². The summed E-state index contributed by atoms with van der Waals surface area (Å²) in [6.07, 6.45) is 25.1. The van der Waals surface area contributed by atoms with Crippen molar-refractivity contribution in [3.8, 4) is 17.3 Å². The van der Waals surface area contributed by atoms with E-state index in [0.29, 0.717) is 22.4 Å². The van der Waals surface area contributed by atoms with Crippen molar-refractivity contribution in [1.82, 2.24) is 20.2 Å². The normalized spacial score (nSPS) is 19.2. The third-order valence-electron chi connectivity index (χ3n) is 14.4. The van der Waals surface area contributed by atoms with Crippen molar-refractivity contribution in [1.29, 1.82) is 0 Å². The van der Waals surface area contributed by atoms with Gasteiger partial charge in [0.25, 0.3) is 0 Å². The maximum Gasteiger partial charge on any atom is 0.182 e. The van der Waals surface area contributed by atoms with Crippen molar-refractivity contribution in [2.75, 3.05) is 9.80 Å². The monoisotopic (exact) mass is 1220 g/mol. The second kappa shape index (κ2) is 23.3. The molecule has 9 aromatic rings. The molecule has 0 fully saturated rings. The molecule has 7 nitrogen and oxygen atoms in total. The van der Waals surface area contributed by atoms with Crippen LogP contribution in [-0.4, -0.2) is 24.1 Å². The summed E-state index contributed by atoms with van der Waals surface area (Å²) in [6.45, 7) is 10.7. The summed E-state index contributed by atoms with van der Waals surface area (Å²) in [4.78, 5) is 8.83. The number of para-hydroxylation sites is 3. The Hall–Kier alpha value is -8.77. The Morgan fingerprint density at radius 3 is 1.84 bits per heavy atom. The molecule has 2 N–H and O–H groups in total. The number of hydrogen-bond acceptors (Lipinski definition) is 6. The second-order valence-corrected chi connectivity index (χ2v) is 20.3. The van der Waals surface area contributed by atoms with Gasteiger partial charge in [-0.05, 0) is 121 Å². The zero-order chi connectivity index (χ0) is 59.9. The molecule has 2 radical (unpaired) electrons. The van der Waals surface area contributed by atoms with Gasteiger partial charge < -0.3 is 29.7 Å². The van der Waals surface area contributed by atoms with Crippen LogP contribution in [0.2, 0.25) is 0 Å². The fraction of sp³-hybridized carbons (Fsp3) is 0.0857. The molecule has 392 valence electrons. The summed E-state index contributed by atoms with van der Waals surface area (Å²) in [6, 6.07) is 44.3. The van der Waals surface area contributed by atoms with Gasteiger partial charge in [-0.1, -0.05) is 152 Å². The maximum atomic E-state index is 9.56. The molecule has 3 aliphatic rings. The predicted octanol–water partition coefficient (Wildman–Crippen LogP) is 16.0. The topological polar surface area (TPSA) is 57.6 Å². The third-order valence-corrected chi connectivity index (χ3v) is 14.4. The first-order chi connectivity index (χ1) is 41.6. The molecule has 0 saturated heterocycles. The van der Waals surface area contributed by atoms with Crippen LogP contribution in [0.15, 0.2) is 255 Å². The number of nitrogens with zero attached hydrogens (tertiary/aromatic N) is 4. The molecule has 0 atom stereocenters. The van der Waals surface area contributed by atoms with Gasteiger partial charge in [0.1, 0.15) is 5.82 Å². The van der Waals surface area contributed by atoms with Crippen LogP contribution in [0.4, 0.5) is 22.7 Å². The average molecular weight is 1220 g/mol. The molecule has 2 aromatic heterocycles. The van der Waals surface area contributed by atoms with E-state index in [-0.39, 0.29) is 84.8 Å². The predicted molar refractivity (Wildman–Crippen MR) is 330 cm³/mol. The van der Waals surface area contributed by atoms with Crippen LogP contribution in [0, 0.1) is 18.8 Å². The first kappa shape index (κ1) is 45.1. The van der Waals surface area contributed by atoms with E-state index in [4.69, 9.17) is 12.5 Å². The number of hydrogen-bond donors (Lipinski definition) is 2. The summed E-state index contributed by atoms with van der Waals surface area (Å²) in [5.74, 6) is 4.37. The van der Waals surface area contributed by atoms with Crippen molar-refractivity contribution in [2.45, 2.75) is 38.5 Å². The van der Waals surface area contributed by atoms with Gasteiger partial charge in [0.2, 0.25) is 0 Å². The minimum absolute atomic E-state index is 0. The van der Waals surface area contributed by atoms with Crippen LogP contribution < -0.4 is 25.2 Å². The van der Waals surface area contributed by atoms with Gasteiger partial charge in [-0.2, -0.15) is 12.1 Å². The van der Waals surface area contributed by atoms with E-state index in [1.807, 2.05) is 158 Å². The number of aromatic nitrogens is 2. The van der Waals surface area contributed by atoms with Gasteiger partial charge in [-0.15, -0.1) is 60.0 Å². The summed E-state index contributed by atoms with van der Waals surface area (Å²) >= 11 is 0. The van der Waals surface area contributed by atoms with E-state index in [1.54, 1.807) is 22.9 Å². The van der Waals surface area contributed by atoms with Crippen LogP contribution in [0.25, 0.3) is 38.6 Å². The van der Waals surface area contributed by atoms with Crippen molar-refractivity contribution in [3.05, 3.63) is 307 Å². The third kappa shape index (κ3) is 10.6. The van der Waals surface area contributed by atoms with Crippen molar-refractivity contribution in [2.24, 2.45) is 0 Å². The van der Waals surface area contributed by atoms with Crippen LogP contribution >= 0.6 is 0 Å². The van der Waals surface area contributed by atoms with Crippen molar-refractivity contribution in [3.63, 3.8) is 0 Å². The Morgan fingerprint density at radius 1 is 0.575 bits per heavy atom. The van der Waals surface area contributed by atoms with Crippen LogP contribution in [0.5, 0.6) is 11.5 Å². The van der Waals surface area contributed by atoms with Crippen LogP contribution in [0.1, 0.15) is 70.7 Å². The zero-order valence-corrected chi connectivity index (χ0v) is 46.7. The minimum atomic E-state index is -0.679. The molecule has 12 rings (SSSR count). The van der Waals surface area contributed by atoms with Gasteiger partial charge in [-0.25, -0.2) is 4.98 Å². The summed E-state index contributed by atoms with van der Waals surface area (Å²) in [5.41, 5.74) is 9.85. The number of nitrogens with one attached hydrogen (secondary N) is 2. The Labute approximate surface area is 496 Å². The summed E-state index contributed by atoms with van der Waals surface area (Å²) in [7, 11) is 4.19. The second-order valence-electron chi connectivity index (χ2n) is 20.3. The molecule has 0 spiro atoms. The van der Waals surface area contributed by atoms with E-state index >= 15 is 0 Å². The Morgan fingerprint density at radius 2 is 1.19 bits per heavy atom. The SMILES string of the molecule is [2H]c1c(Oc2[c-]c3c(cc2)c2c([2H])c([2H])c([2H])c([2H])c2n3-c2cc(C(C)(c3ccccc3)c3ccccc3)ccn2)[c-]c(N2[CH-]N(c3c(/C4=C/C=C\N/C=C\C=C/[B]4)cc(C(C)(C)C)cc3/C3=C/C=C\N/C=C\C=C/[B]3)c3ccccc32)c([2H])c1[2H].[Pt]. The molecule has 5 heterocycles. The summed E-state index contributed by atoms with van der Waals surface area (Å²) in [5, 5.41) is 7.16. The number of fused-ring (bicyclic) bond motifs is 4. The Balaban J connectivity index is 0.00000784. The zero-order valence-electron chi connectivity index (χ0n) is 51.5. The van der Waals surface area contributed by atoms with E-state index in [0.717, 1.165) is 55.7 Å². The fourth-order valence-corrected chi connectivity index (χ4v) is 10.3. The smallest absolute Gasteiger partial charge is 0.182 e. The van der Waals surface area contributed by atoms with E-state index in [9.17, 15) is 6.85 Å².